The van der Waals surface area contributed by atoms with E-state index in [4.69, 9.17) is 4.74 Å². The summed E-state index contributed by atoms with van der Waals surface area (Å²) in [6, 6.07) is 8.26. The first-order chi connectivity index (χ1) is 15.2. The number of alkyl halides is 3. The number of anilines is 3. The summed E-state index contributed by atoms with van der Waals surface area (Å²) in [5.74, 6) is -1.69. The predicted octanol–water partition coefficient (Wildman–Crippen LogP) is 4.06. The number of nitrogens with one attached hydrogen (secondary N) is 2. The number of para-hydroxylation sites is 1. The topological polar surface area (TPSA) is 87.7 Å². The van der Waals surface area contributed by atoms with Gasteiger partial charge in [0.15, 0.2) is 0 Å². The Kier molecular flexibility index (Phi) is 6.71. The van der Waals surface area contributed by atoms with Gasteiger partial charge in [-0.05, 0) is 44.2 Å². The molecule has 1 atom stereocenters. The number of rotatable bonds is 6. The van der Waals surface area contributed by atoms with Crippen LogP contribution in [-0.4, -0.2) is 37.0 Å². The van der Waals surface area contributed by atoms with Crippen molar-refractivity contribution in [1.82, 2.24) is 0 Å². The van der Waals surface area contributed by atoms with E-state index in [1.807, 2.05) is 0 Å². The third kappa shape index (κ3) is 4.84. The number of likely N-dealkylation sites (N-methyl/N-ethyl adjacent to an activating group) is 1. The minimum atomic E-state index is -4.63. The zero-order valence-corrected chi connectivity index (χ0v) is 17.5. The summed E-state index contributed by atoms with van der Waals surface area (Å²) in [4.78, 5) is 38.9. The summed E-state index contributed by atoms with van der Waals surface area (Å²) in [6.45, 7) is 3.94. The molecule has 0 saturated carbocycles. The lowest BCUT2D eigenvalue weighted by atomic mass is 10.0. The van der Waals surface area contributed by atoms with Gasteiger partial charge in [-0.15, -0.1) is 0 Å². The first-order valence-corrected chi connectivity index (χ1v) is 10.0. The maximum absolute atomic E-state index is 13.2. The number of nitrogens with zero attached hydrogens (tertiary/aromatic N) is 1. The van der Waals surface area contributed by atoms with Gasteiger partial charge in [-0.1, -0.05) is 12.1 Å². The van der Waals surface area contributed by atoms with Crippen LogP contribution >= 0.6 is 0 Å². The van der Waals surface area contributed by atoms with E-state index in [-0.39, 0.29) is 17.9 Å². The predicted molar refractivity (Wildman–Crippen MR) is 113 cm³/mol. The largest absolute Gasteiger partial charge is 0.462 e. The van der Waals surface area contributed by atoms with Gasteiger partial charge in [-0.25, -0.2) is 4.79 Å². The van der Waals surface area contributed by atoms with Crippen LogP contribution in [-0.2, 0) is 20.5 Å². The quantitative estimate of drug-likeness (QED) is 0.650. The number of carbonyl (C=O) groups is 3. The molecule has 170 valence electrons. The molecule has 2 aromatic rings. The van der Waals surface area contributed by atoms with Crippen LogP contribution in [0.25, 0.3) is 0 Å². The van der Waals surface area contributed by atoms with Crippen LogP contribution in [0.3, 0.4) is 0 Å². The fourth-order valence-corrected chi connectivity index (χ4v) is 3.48. The lowest BCUT2D eigenvalue weighted by molar-refractivity contribution is -0.137. The Morgan fingerprint density at radius 1 is 1.16 bits per heavy atom. The zero-order chi connectivity index (χ0) is 23.5. The van der Waals surface area contributed by atoms with Crippen molar-refractivity contribution in [3.05, 3.63) is 53.6 Å². The number of hydrogen-bond donors (Lipinski definition) is 2. The second-order valence-electron chi connectivity index (χ2n) is 7.03. The van der Waals surface area contributed by atoms with E-state index in [1.165, 1.54) is 29.2 Å². The van der Waals surface area contributed by atoms with Crippen molar-refractivity contribution in [1.29, 1.82) is 0 Å². The molecule has 10 heteroatoms. The van der Waals surface area contributed by atoms with Gasteiger partial charge in [0.25, 0.3) is 0 Å². The number of ether oxygens (including phenoxy) is 1. The molecule has 7 nitrogen and oxygen atoms in total. The highest BCUT2D eigenvalue weighted by Crippen LogP contribution is 2.36. The third-order valence-electron chi connectivity index (χ3n) is 4.90. The van der Waals surface area contributed by atoms with Crippen LogP contribution in [0.2, 0.25) is 0 Å². The van der Waals surface area contributed by atoms with E-state index in [0.29, 0.717) is 17.9 Å². The summed E-state index contributed by atoms with van der Waals surface area (Å²) < 4.78 is 44.5. The average Bonchev–Trinajstić information content (AvgIpc) is 2.74. The molecule has 1 aliphatic heterocycles. The van der Waals surface area contributed by atoms with Gasteiger partial charge in [0.2, 0.25) is 11.8 Å². The van der Waals surface area contributed by atoms with E-state index < -0.39 is 42.0 Å². The van der Waals surface area contributed by atoms with Crippen molar-refractivity contribution in [3.63, 3.8) is 0 Å². The molecule has 0 radical (unpaired) electrons. The molecule has 32 heavy (non-hydrogen) atoms. The van der Waals surface area contributed by atoms with E-state index >= 15 is 0 Å². The van der Waals surface area contributed by atoms with Crippen LogP contribution in [0, 0.1) is 0 Å². The highest BCUT2D eigenvalue weighted by atomic mass is 19.4. The van der Waals surface area contributed by atoms with Crippen molar-refractivity contribution in [3.8, 4) is 0 Å². The molecule has 2 amide bonds. The smallest absolute Gasteiger partial charge is 0.418 e. The summed E-state index contributed by atoms with van der Waals surface area (Å²) in [7, 11) is 0. The molecule has 1 heterocycles. The van der Waals surface area contributed by atoms with Crippen LogP contribution in [0.4, 0.5) is 30.2 Å². The van der Waals surface area contributed by atoms with Crippen LogP contribution in [0.5, 0.6) is 0 Å². The zero-order valence-electron chi connectivity index (χ0n) is 17.5. The normalized spacial score (nSPS) is 15.6. The van der Waals surface area contributed by atoms with Gasteiger partial charge in [0.1, 0.15) is 6.04 Å². The van der Waals surface area contributed by atoms with E-state index in [9.17, 15) is 27.6 Å². The fraction of sp³-hybridized carbons (Fsp3) is 0.318. The minimum Gasteiger partial charge on any atom is -0.462 e. The van der Waals surface area contributed by atoms with E-state index in [2.05, 4.69) is 10.6 Å². The SMILES string of the molecule is CCOC(=O)c1ccc2c(c1)NC(CC(=O)Nc1ccccc1C(F)(F)F)C(=O)N2CC. The molecule has 1 unspecified atom stereocenters. The van der Waals surface area contributed by atoms with Crippen molar-refractivity contribution >= 4 is 34.8 Å². The summed E-state index contributed by atoms with van der Waals surface area (Å²) >= 11 is 0. The Hall–Kier alpha value is -3.56. The molecule has 1 aliphatic rings. The van der Waals surface area contributed by atoms with Gasteiger partial charge in [0.05, 0.1) is 41.2 Å². The Morgan fingerprint density at radius 3 is 2.53 bits per heavy atom. The van der Waals surface area contributed by atoms with Gasteiger partial charge in [0, 0.05) is 6.54 Å². The summed E-state index contributed by atoms with van der Waals surface area (Å²) in [6.07, 6.45) is -5.03. The monoisotopic (exact) mass is 449 g/mol. The van der Waals surface area contributed by atoms with Gasteiger partial charge >= 0.3 is 12.1 Å². The highest BCUT2D eigenvalue weighted by Gasteiger charge is 2.36. The Balaban J connectivity index is 1.81. The van der Waals surface area contributed by atoms with Crippen molar-refractivity contribution in [2.45, 2.75) is 32.5 Å². The van der Waals surface area contributed by atoms with Gasteiger partial charge < -0.3 is 20.3 Å². The summed E-state index contributed by atoms with van der Waals surface area (Å²) in [5.41, 5.74) is -0.109. The third-order valence-corrected chi connectivity index (χ3v) is 4.90. The molecular weight excluding hydrogens is 427 g/mol. The molecule has 0 aliphatic carbocycles. The number of esters is 1. The van der Waals surface area contributed by atoms with Crippen LogP contribution < -0.4 is 15.5 Å². The van der Waals surface area contributed by atoms with Crippen molar-refractivity contribution in [2.24, 2.45) is 0 Å². The molecule has 2 aromatic carbocycles. The number of halogens is 3. The first kappa shape index (κ1) is 23.1. The molecule has 0 aromatic heterocycles. The molecule has 2 N–H and O–H groups in total. The maximum atomic E-state index is 13.2. The second-order valence-corrected chi connectivity index (χ2v) is 7.03. The highest BCUT2D eigenvalue weighted by molar-refractivity contribution is 6.08. The molecule has 0 spiro atoms. The fourth-order valence-electron chi connectivity index (χ4n) is 3.48. The van der Waals surface area contributed by atoms with Crippen molar-refractivity contribution in [2.75, 3.05) is 28.7 Å². The second kappa shape index (κ2) is 9.29. The number of amides is 2. The first-order valence-electron chi connectivity index (χ1n) is 10.0. The Bertz CT molecular complexity index is 1040. The molecule has 0 saturated heterocycles. The van der Waals surface area contributed by atoms with Crippen molar-refractivity contribution < 1.29 is 32.3 Å². The minimum absolute atomic E-state index is 0.200. The molecule has 0 bridgehead atoms. The van der Waals surface area contributed by atoms with Crippen LogP contribution in [0.1, 0.15) is 36.2 Å². The Labute approximate surface area is 182 Å². The van der Waals surface area contributed by atoms with Gasteiger partial charge in [-0.3, -0.25) is 9.59 Å². The van der Waals surface area contributed by atoms with E-state index in [0.717, 1.165) is 12.1 Å². The lowest BCUT2D eigenvalue weighted by Gasteiger charge is -2.34. The molecular formula is C22H22F3N3O4. The average molecular weight is 449 g/mol. The number of hydrogen-bond acceptors (Lipinski definition) is 5. The molecule has 0 fully saturated rings. The lowest BCUT2D eigenvalue weighted by Crippen LogP contribution is -2.48. The van der Waals surface area contributed by atoms with Gasteiger partial charge in [-0.2, -0.15) is 13.2 Å². The maximum Gasteiger partial charge on any atom is 0.418 e. The number of carbonyl (C=O) groups excluding carboxylic acids is 3. The molecule has 3 rings (SSSR count). The standard InChI is InChI=1S/C22H22F3N3O4/c1-3-28-18-10-9-13(21(31)32-4-2)11-16(18)26-17(20(28)30)12-19(29)27-15-8-6-5-7-14(15)22(23,24)25/h5-11,17,26H,3-4,12H2,1-2H3,(H,27,29). The number of fused-ring (bicyclic) bond motifs is 1. The Morgan fingerprint density at radius 2 is 1.88 bits per heavy atom. The summed E-state index contributed by atoms with van der Waals surface area (Å²) in [5, 5.41) is 5.17. The van der Waals surface area contributed by atoms with Crippen LogP contribution in [0.15, 0.2) is 42.5 Å². The number of benzene rings is 2. The van der Waals surface area contributed by atoms with E-state index in [1.54, 1.807) is 19.9 Å².